The molecule has 0 aliphatic heterocycles. The molecule has 0 amide bonds. The minimum Gasteiger partial charge on any atom is -0.183 e. The highest BCUT2D eigenvalue weighted by molar-refractivity contribution is 5.39. The van der Waals surface area contributed by atoms with Gasteiger partial charge in [0.15, 0.2) is 6.07 Å². The van der Waals surface area contributed by atoms with E-state index < -0.39 is 0 Å². The van der Waals surface area contributed by atoms with Gasteiger partial charge in [-0.2, -0.15) is 5.26 Å². The third-order valence-corrected chi connectivity index (χ3v) is 3.75. The van der Waals surface area contributed by atoms with Crippen molar-refractivity contribution >= 4 is 0 Å². The van der Waals surface area contributed by atoms with E-state index in [0.29, 0.717) is 11.8 Å². The number of allylic oxidation sites excluding steroid dienone is 1. The Morgan fingerprint density at radius 2 is 1.78 bits per heavy atom. The molecular weight excluding hydrogens is 218 g/mol. The number of benzene rings is 1. The summed E-state index contributed by atoms with van der Waals surface area (Å²) in [5, 5.41) is 8.40. The summed E-state index contributed by atoms with van der Waals surface area (Å²) in [6.45, 7) is 3.88. The lowest BCUT2D eigenvalue weighted by Crippen LogP contribution is -2.11. The fourth-order valence-corrected chi connectivity index (χ4v) is 2.63. The number of rotatable bonds is 2. The van der Waals surface area contributed by atoms with Crippen LogP contribution in [0.1, 0.15) is 42.7 Å². The third-order valence-electron chi connectivity index (χ3n) is 3.75. The molecule has 1 aliphatic carbocycles. The van der Waals surface area contributed by atoms with Gasteiger partial charge in [0.25, 0.3) is 0 Å². The number of nitrogens with zero attached hydrogens (tertiary/aromatic N) is 1. The van der Waals surface area contributed by atoms with Crippen LogP contribution in [-0.4, -0.2) is 0 Å². The fraction of sp³-hybridized carbons (Fsp3) is 0.353. The average Bonchev–Trinajstić information content (AvgIpc) is 2.46. The zero-order valence-electron chi connectivity index (χ0n) is 10.5. The summed E-state index contributed by atoms with van der Waals surface area (Å²) in [6.07, 6.45) is 7.10. The van der Waals surface area contributed by atoms with Crippen LogP contribution in [-0.2, 0) is 0 Å². The van der Waals surface area contributed by atoms with Gasteiger partial charge in [0.2, 0.25) is 0 Å². The van der Waals surface area contributed by atoms with Crippen LogP contribution in [0.3, 0.4) is 0 Å². The Hall–Kier alpha value is -1.99. The second-order valence-electron chi connectivity index (χ2n) is 4.83. The molecule has 0 saturated heterocycles. The second-order valence-corrected chi connectivity index (χ2v) is 4.83. The maximum atomic E-state index is 8.40. The van der Waals surface area contributed by atoms with Gasteiger partial charge in [-0.1, -0.05) is 24.1 Å². The Bertz CT molecular complexity index is 499. The molecule has 0 spiro atoms. The monoisotopic (exact) mass is 235 g/mol. The summed E-state index contributed by atoms with van der Waals surface area (Å²) in [4.78, 5) is 0. The van der Waals surface area contributed by atoms with E-state index in [9.17, 15) is 0 Å². The molecule has 0 radical (unpaired) electrons. The lowest BCUT2D eigenvalue weighted by atomic mass is 9.79. The van der Waals surface area contributed by atoms with Gasteiger partial charge in [-0.15, -0.1) is 6.58 Å². The van der Waals surface area contributed by atoms with Gasteiger partial charge >= 0.3 is 0 Å². The highest BCUT2D eigenvalue weighted by atomic mass is 14.2. The molecule has 1 aromatic rings. The molecule has 1 saturated carbocycles. The molecule has 18 heavy (non-hydrogen) atoms. The van der Waals surface area contributed by atoms with E-state index >= 15 is 0 Å². The van der Waals surface area contributed by atoms with Crippen LogP contribution < -0.4 is 0 Å². The predicted molar refractivity (Wildman–Crippen MR) is 73.8 cm³/mol. The van der Waals surface area contributed by atoms with E-state index in [1.807, 2.05) is 18.2 Å². The SMILES string of the molecule is C=CC1CCC(c2ccc(C#CC#N)cc2)CC1. The lowest BCUT2D eigenvalue weighted by molar-refractivity contribution is 0.376. The molecule has 1 nitrogen and oxygen atoms in total. The van der Waals surface area contributed by atoms with Gasteiger partial charge in [-0.25, -0.2) is 0 Å². The van der Waals surface area contributed by atoms with Gasteiger partial charge in [0, 0.05) is 11.5 Å². The van der Waals surface area contributed by atoms with E-state index in [4.69, 9.17) is 5.26 Å². The summed E-state index contributed by atoms with van der Waals surface area (Å²) in [7, 11) is 0. The Balaban J connectivity index is 2.02. The van der Waals surface area contributed by atoms with Crippen molar-refractivity contribution in [1.82, 2.24) is 0 Å². The molecule has 0 heterocycles. The van der Waals surface area contributed by atoms with Gasteiger partial charge in [0.1, 0.15) is 0 Å². The average molecular weight is 235 g/mol. The normalized spacial score (nSPS) is 22.4. The van der Waals surface area contributed by atoms with Crippen LogP contribution in [0.15, 0.2) is 36.9 Å². The zero-order valence-corrected chi connectivity index (χ0v) is 10.5. The zero-order chi connectivity index (χ0) is 12.8. The molecule has 1 heteroatoms. The van der Waals surface area contributed by atoms with Crippen LogP contribution in [0, 0.1) is 29.1 Å². The quantitative estimate of drug-likeness (QED) is 0.561. The smallest absolute Gasteiger partial charge is 0.152 e. The topological polar surface area (TPSA) is 23.8 Å². The predicted octanol–water partition coefficient (Wildman–Crippen LogP) is 4.02. The van der Waals surface area contributed by atoms with Crippen molar-refractivity contribution in [3.63, 3.8) is 0 Å². The number of hydrogen-bond acceptors (Lipinski definition) is 1. The molecule has 0 bridgehead atoms. The van der Waals surface area contributed by atoms with Crippen LogP contribution in [0.25, 0.3) is 0 Å². The molecule has 0 N–H and O–H groups in total. The van der Waals surface area contributed by atoms with Crippen molar-refractivity contribution in [3.8, 4) is 17.9 Å². The second kappa shape index (κ2) is 6.08. The Labute approximate surface area is 109 Å². The highest BCUT2D eigenvalue weighted by Crippen LogP contribution is 2.35. The first-order chi connectivity index (χ1) is 8.83. The van der Waals surface area contributed by atoms with Gasteiger partial charge in [0.05, 0.1) is 0 Å². The van der Waals surface area contributed by atoms with Crippen LogP contribution >= 0.6 is 0 Å². The molecule has 2 rings (SSSR count). The lowest BCUT2D eigenvalue weighted by Gasteiger charge is -2.26. The van der Waals surface area contributed by atoms with E-state index in [2.05, 4.69) is 36.6 Å². The fourth-order valence-electron chi connectivity index (χ4n) is 2.63. The molecule has 90 valence electrons. The van der Waals surface area contributed by atoms with Crippen molar-refractivity contribution in [2.24, 2.45) is 5.92 Å². The summed E-state index contributed by atoms with van der Waals surface area (Å²) in [5.74, 6) is 6.63. The van der Waals surface area contributed by atoms with Crippen molar-refractivity contribution in [2.45, 2.75) is 31.6 Å². The minimum absolute atomic E-state index is 0.680. The van der Waals surface area contributed by atoms with Gasteiger partial charge in [-0.3, -0.25) is 0 Å². The third kappa shape index (κ3) is 3.02. The first kappa shape index (κ1) is 12.5. The molecule has 1 aliphatic rings. The first-order valence-electron chi connectivity index (χ1n) is 6.46. The highest BCUT2D eigenvalue weighted by Gasteiger charge is 2.20. The standard InChI is InChI=1S/C17H17N/c1-2-14-5-9-16(10-6-14)17-11-7-15(8-12-17)4-3-13-18/h2,7-8,11-12,14,16H,1,5-6,9-10H2. The van der Waals surface area contributed by atoms with Crippen LogP contribution in [0.2, 0.25) is 0 Å². The molecule has 1 fully saturated rings. The molecule has 0 unspecified atom stereocenters. The Morgan fingerprint density at radius 1 is 1.11 bits per heavy atom. The van der Waals surface area contributed by atoms with Gasteiger partial charge < -0.3 is 0 Å². The van der Waals surface area contributed by atoms with E-state index in [-0.39, 0.29) is 0 Å². The van der Waals surface area contributed by atoms with Crippen molar-refractivity contribution in [2.75, 3.05) is 0 Å². The van der Waals surface area contributed by atoms with E-state index in [0.717, 1.165) is 5.56 Å². The molecule has 0 aromatic heterocycles. The molecule has 1 aromatic carbocycles. The van der Waals surface area contributed by atoms with E-state index in [1.54, 1.807) is 0 Å². The van der Waals surface area contributed by atoms with Crippen LogP contribution in [0.4, 0.5) is 0 Å². The van der Waals surface area contributed by atoms with Crippen molar-refractivity contribution < 1.29 is 0 Å². The number of nitriles is 1. The van der Waals surface area contributed by atoms with E-state index in [1.165, 1.54) is 31.2 Å². The minimum atomic E-state index is 0.680. The summed E-state index contributed by atoms with van der Waals surface area (Å²) in [6, 6.07) is 10.2. The van der Waals surface area contributed by atoms with Crippen molar-refractivity contribution in [3.05, 3.63) is 48.0 Å². The summed E-state index contributed by atoms with van der Waals surface area (Å²) < 4.78 is 0. The Morgan fingerprint density at radius 3 is 2.33 bits per heavy atom. The summed E-state index contributed by atoms with van der Waals surface area (Å²) in [5.41, 5.74) is 2.32. The van der Waals surface area contributed by atoms with Gasteiger partial charge in [-0.05, 0) is 55.2 Å². The first-order valence-corrected chi connectivity index (χ1v) is 6.46. The summed E-state index contributed by atoms with van der Waals surface area (Å²) >= 11 is 0. The largest absolute Gasteiger partial charge is 0.183 e. The number of hydrogen-bond donors (Lipinski definition) is 0. The van der Waals surface area contributed by atoms with Crippen LogP contribution in [0.5, 0.6) is 0 Å². The maximum absolute atomic E-state index is 8.40. The van der Waals surface area contributed by atoms with Crippen molar-refractivity contribution in [1.29, 1.82) is 5.26 Å². The maximum Gasteiger partial charge on any atom is 0.152 e. The Kier molecular flexibility index (Phi) is 4.21. The molecular formula is C17H17N. The molecule has 0 atom stereocenters.